The van der Waals surface area contributed by atoms with Crippen molar-refractivity contribution in [1.82, 2.24) is 0 Å². The van der Waals surface area contributed by atoms with Gasteiger partial charge < -0.3 is 4.74 Å². The Bertz CT molecular complexity index is 409. The van der Waals surface area contributed by atoms with Crippen molar-refractivity contribution in [3.63, 3.8) is 0 Å². The van der Waals surface area contributed by atoms with Crippen LogP contribution in [-0.4, -0.2) is 12.4 Å². The molecule has 0 bridgehead atoms. The molecule has 0 aromatic heterocycles. The maximum absolute atomic E-state index is 13.6. The van der Waals surface area contributed by atoms with Gasteiger partial charge in [0.25, 0.3) is 0 Å². The number of benzene rings is 1. The van der Waals surface area contributed by atoms with Crippen LogP contribution in [0, 0.1) is 11.7 Å². The molecule has 0 saturated carbocycles. The van der Waals surface area contributed by atoms with Gasteiger partial charge in [-0.2, -0.15) is 0 Å². The SMILES string of the molecule is CCCC(CCC)COc1cc(C(C)=O)ccc1F. The molecule has 0 N–H and O–H groups in total. The monoisotopic (exact) mass is 266 g/mol. The molecule has 0 aliphatic carbocycles. The zero-order chi connectivity index (χ0) is 14.3. The second kappa shape index (κ2) is 7.93. The lowest BCUT2D eigenvalue weighted by Gasteiger charge is -2.16. The van der Waals surface area contributed by atoms with Gasteiger partial charge in [0, 0.05) is 5.56 Å². The summed E-state index contributed by atoms with van der Waals surface area (Å²) in [5, 5.41) is 0. The third-order valence-electron chi connectivity index (χ3n) is 3.21. The van der Waals surface area contributed by atoms with Crippen molar-refractivity contribution in [2.45, 2.75) is 46.5 Å². The molecule has 0 unspecified atom stereocenters. The molecule has 19 heavy (non-hydrogen) atoms. The molecule has 1 aromatic carbocycles. The standard InChI is InChI=1S/C16H23FO2/c1-4-6-13(7-5-2)11-19-16-10-14(12(3)18)8-9-15(16)17/h8-10,13H,4-7,11H2,1-3H3. The van der Waals surface area contributed by atoms with Gasteiger partial charge in [0.2, 0.25) is 0 Å². The van der Waals surface area contributed by atoms with Crippen LogP contribution in [0.1, 0.15) is 56.8 Å². The third kappa shape index (κ3) is 5.01. The summed E-state index contributed by atoms with van der Waals surface area (Å²) in [5.74, 6) is 0.153. The Morgan fingerprint density at radius 2 is 1.89 bits per heavy atom. The van der Waals surface area contributed by atoms with Gasteiger partial charge in [0.15, 0.2) is 17.3 Å². The minimum atomic E-state index is -0.406. The summed E-state index contributed by atoms with van der Waals surface area (Å²) in [7, 11) is 0. The van der Waals surface area contributed by atoms with Crippen molar-refractivity contribution in [2.24, 2.45) is 5.92 Å². The van der Waals surface area contributed by atoms with E-state index in [-0.39, 0.29) is 11.5 Å². The normalized spacial score (nSPS) is 10.8. The Hall–Kier alpha value is -1.38. The minimum Gasteiger partial charge on any atom is -0.490 e. The van der Waals surface area contributed by atoms with E-state index < -0.39 is 5.82 Å². The largest absolute Gasteiger partial charge is 0.490 e. The summed E-state index contributed by atoms with van der Waals surface area (Å²) in [6, 6.07) is 4.27. The number of carbonyl (C=O) groups excluding carboxylic acids is 1. The molecule has 0 aliphatic heterocycles. The molecule has 0 saturated heterocycles. The van der Waals surface area contributed by atoms with E-state index in [9.17, 15) is 9.18 Å². The smallest absolute Gasteiger partial charge is 0.165 e. The molecule has 3 heteroatoms. The van der Waals surface area contributed by atoms with Crippen LogP contribution < -0.4 is 4.74 Å². The van der Waals surface area contributed by atoms with Gasteiger partial charge in [0.05, 0.1) is 6.61 Å². The Balaban J connectivity index is 2.69. The molecule has 1 rings (SSSR count). The summed E-state index contributed by atoms with van der Waals surface area (Å²) in [6.07, 6.45) is 4.37. The van der Waals surface area contributed by atoms with Crippen LogP contribution in [0.25, 0.3) is 0 Å². The van der Waals surface area contributed by atoms with E-state index in [0.29, 0.717) is 18.1 Å². The highest BCUT2D eigenvalue weighted by atomic mass is 19.1. The second-order valence-corrected chi connectivity index (χ2v) is 4.96. The summed E-state index contributed by atoms with van der Waals surface area (Å²) < 4.78 is 19.2. The van der Waals surface area contributed by atoms with E-state index in [2.05, 4.69) is 13.8 Å². The van der Waals surface area contributed by atoms with E-state index in [1.54, 1.807) is 0 Å². The molecule has 0 spiro atoms. The summed E-state index contributed by atoms with van der Waals surface area (Å²) in [6.45, 7) is 6.26. The first-order chi connectivity index (χ1) is 9.08. The number of halogens is 1. The maximum Gasteiger partial charge on any atom is 0.165 e. The molecule has 2 nitrogen and oxygen atoms in total. The molecule has 1 aromatic rings. The fourth-order valence-corrected chi connectivity index (χ4v) is 2.17. The lowest BCUT2D eigenvalue weighted by molar-refractivity contribution is 0.101. The number of ether oxygens (including phenoxy) is 1. The lowest BCUT2D eigenvalue weighted by atomic mass is 9.99. The minimum absolute atomic E-state index is 0.0801. The highest BCUT2D eigenvalue weighted by molar-refractivity contribution is 5.94. The quantitative estimate of drug-likeness (QED) is 0.641. The fourth-order valence-electron chi connectivity index (χ4n) is 2.17. The van der Waals surface area contributed by atoms with Crippen molar-refractivity contribution >= 4 is 5.78 Å². The molecule has 0 radical (unpaired) electrons. The Morgan fingerprint density at radius 1 is 1.26 bits per heavy atom. The van der Waals surface area contributed by atoms with Gasteiger partial charge >= 0.3 is 0 Å². The molecule has 106 valence electrons. The first-order valence-corrected chi connectivity index (χ1v) is 7.01. The van der Waals surface area contributed by atoms with Crippen LogP contribution in [0.3, 0.4) is 0 Å². The Morgan fingerprint density at radius 3 is 2.42 bits per heavy atom. The summed E-state index contributed by atoms with van der Waals surface area (Å²) >= 11 is 0. The fraction of sp³-hybridized carbons (Fsp3) is 0.562. The van der Waals surface area contributed by atoms with Gasteiger partial charge in [-0.15, -0.1) is 0 Å². The van der Waals surface area contributed by atoms with Crippen molar-refractivity contribution in [3.8, 4) is 5.75 Å². The average molecular weight is 266 g/mol. The highest BCUT2D eigenvalue weighted by Gasteiger charge is 2.11. The lowest BCUT2D eigenvalue weighted by Crippen LogP contribution is -2.12. The van der Waals surface area contributed by atoms with Crippen LogP contribution in [0.4, 0.5) is 4.39 Å². The van der Waals surface area contributed by atoms with Gasteiger partial charge in [-0.3, -0.25) is 4.79 Å². The van der Waals surface area contributed by atoms with Gasteiger partial charge in [-0.1, -0.05) is 26.7 Å². The first-order valence-electron chi connectivity index (χ1n) is 7.01. The molecular weight excluding hydrogens is 243 g/mol. The van der Waals surface area contributed by atoms with Crippen molar-refractivity contribution in [1.29, 1.82) is 0 Å². The number of carbonyl (C=O) groups is 1. The molecule has 0 fully saturated rings. The zero-order valence-corrected chi connectivity index (χ0v) is 12.0. The molecule has 0 heterocycles. The predicted molar refractivity (Wildman–Crippen MR) is 75.2 cm³/mol. The van der Waals surface area contributed by atoms with Crippen molar-refractivity contribution in [3.05, 3.63) is 29.6 Å². The number of rotatable bonds is 8. The van der Waals surface area contributed by atoms with Gasteiger partial charge in [0.1, 0.15) is 0 Å². The van der Waals surface area contributed by atoms with E-state index in [4.69, 9.17) is 4.74 Å². The number of hydrogen-bond donors (Lipinski definition) is 0. The molecule has 0 aliphatic rings. The Labute approximate surface area is 115 Å². The van der Waals surface area contributed by atoms with Gasteiger partial charge in [-0.05, 0) is 43.9 Å². The molecular formula is C16H23FO2. The summed E-state index contributed by atoms with van der Waals surface area (Å²) in [5.41, 5.74) is 0.485. The first kappa shape index (κ1) is 15.7. The van der Waals surface area contributed by atoms with E-state index in [1.165, 1.54) is 25.1 Å². The van der Waals surface area contributed by atoms with E-state index >= 15 is 0 Å². The van der Waals surface area contributed by atoms with E-state index in [0.717, 1.165) is 25.7 Å². The zero-order valence-electron chi connectivity index (χ0n) is 12.0. The van der Waals surface area contributed by atoms with Crippen LogP contribution in [0.5, 0.6) is 5.75 Å². The summed E-state index contributed by atoms with van der Waals surface area (Å²) in [4.78, 5) is 11.3. The Kier molecular flexibility index (Phi) is 6.54. The maximum atomic E-state index is 13.6. The number of ketones is 1. The third-order valence-corrected chi connectivity index (χ3v) is 3.21. The number of hydrogen-bond acceptors (Lipinski definition) is 2. The second-order valence-electron chi connectivity index (χ2n) is 4.96. The van der Waals surface area contributed by atoms with Crippen LogP contribution >= 0.6 is 0 Å². The highest BCUT2D eigenvalue weighted by Crippen LogP contribution is 2.22. The van der Waals surface area contributed by atoms with Crippen LogP contribution in [-0.2, 0) is 0 Å². The van der Waals surface area contributed by atoms with Gasteiger partial charge in [-0.25, -0.2) is 4.39 Å². The van der Waals surface area contributed by atoms with Crippen molar-refractivity contribution < 1.29 is 13.9 Å². The topological polar surface area (TPSA) is 26.3 Å². The van der Waals surface area contributed by atoms with Crippen LogP contribution in [0.2, 0.25) is 0 Å². The van der Waals surface area contributed by atoms with E-state index in [1.807, 2.05) is 0 Å². The number of Topliss-reactive ketones (excluding diaryl/α,β-unsaturated/α-hetero) is 1. The molecule has 0 atom stereocenters. The van der Waals surface area contributed by atoms with Crippen molar-refractivity contribution in [2.75, 3.05) is 6.61 Å². The predicted octanol–water partition coefficient (Wildman–Crippen LogP) is 4.62. The molecule has 0 amide bonds. The average Bonchev–Trinajstić information content (AvgIpc) is 2.37. The van der Waals surface area contributed by atoms with Crippen LogP contribution in [0.15, 0.2) is 18.2 Å².